The molecule has 2 amide bonds. The summed E-state index contributed by atoms with van der Waals surface area (Å²) in [6.07, 6.45) is 0. The zero-order chi connectivity index (χ0) is 20.1. The summed E-state index contributed by atoms with van der Waals surface area (Å²) >= 11 is 3.32. The van der Waals surface area contributed by atoms with E-state index in [1.165, 1.54) is 18.2 Å². The number of aromatic carboxylic acids is 1. The molecule has 0 unspecified atom stereocenters. The Bertz CT molecular complexity index is 1050. The molecule has 28 heavy (non-hydrogen) atoms. The average molecular weight is 439 g/mol. The molecule has 0 aromatic heterocycles. The van der Waals surface area contributed by atoms with Crippen LogP contribution >= 0.6 is 15.9 Å². The number of amides is 2. The van der Waals surface area contributed by atoms with Gasteiger partial charge in [-0.2, -0.15) is 0 Å². The Hall–Kier alpha value is -3.45. The molecule has 0 fully saturated rings. The van der Waals surface area contributed by atoms with Gasteiger partial charge in [-0.25, -0.2) is 4.79 Å². The molecular weight excluding hydrogens is 424 g/mol. The van der Waals surface area contributed by atoms with Crippen LogP contribution in [0.15, 0.2) is 77.3 Å². The minimum atomic E-state index is -1.13. The van der Waals surface area contributed by atoms with Crippen LogP contribution in [0.5, 0.6) is 0 Å². The number of carbonyl (C=O) groups is 3. The molecule has 0 aliphatic heterocycles. The highest BCUT2D eigenvalue weighted by Crippen LogP contribution is 2.18. The van der Waals surface area contributed by atoms with E-state index in [1.54, 1.807) is 54.6 Å². The number of anilines is 2. The van der Waals surface area contributed by atoms with E-state index in [0.29, 0.717) is 11.3 Å². The van der Waals surface area contributed by atoms with Crippen molar-refractivity contribution in [2.45, 2.75) is 0 Å². The Morgan fingerprint density at radius 3 is 2.14 bits per heavy atom. The Morgan fingerprint density at radius 2 is 1.43 bits per heavy atom. The van der Waals surface area contributed by atoms with Gasteiger partial charge in [0.05, 0.1) is 11.3 Å². The molecule has 0 atom stereocenters. The van der Waals surface area contributed by atoms with Crippen molar-refractivity contribution in [3.63, 3.8) is 0 Å². The van der Waals surface area contributed by atoms with E-state index in [4.69, 9.17) is 0 Å². The molecule has 3 aromatic carbocycles. The van der Waals surface area contributed by atoms with Crippen molar-refractivity contribution in [3.8, 4) is 0 Å². The van der Waals surface area contributed by atoms with Gasteiger partial charge < -0.3 is 15.7 Å². The van der Waals surface area contributed by atoms with E-state index >= 15 is 0 Å². The van der Waals surface area contributed by atoms with Crippen LogP contribution in [0.1, 0.15) is 31.1 Å². The molecule has 0 saturated heterocycles. The number of rotatable bonds is 5. The molecule has 3 aromatic rings. The number of nitrogens with one attached hydrogen (secondary N) is 2. The number of carboxylic acids is 1. The number of benzene rings is 3. The van der Waals surface area contributed by atoms with Crippen LogP contribution in [0.3, 0.4) is 0 Å². The number of carbonyl (C=O) groups excluding carboxylic acids is 2. The fourth-order valence-electron chi connectivity index (χ4n) is 2.52. The van der Waals surface area contributed by atoms with E-state index in [0.717, 1.165) is 4.47 Å². The van der Waals surface area contributed by atoms with E-state index < -0.39 is 11.9 Å². The van der Waals surface area contributed by atoms with Crippen molar-refractivity contribution in [3.05, 3.63) is 94.0 Å². The van der Waals surface area contributed by atoms with Crippen LogP contribution in [-0.4, -0.2) is 22.9 Å². The molecule has 3 N–H and O–H groups in total. The SMILES string of the molecule is O=C(Nc1cccc(C(=O)Nc2ccccc2C(=O)O)c1)c1ccc(Br)cc1. The van der Waals surface area contributed by atoms with Crippen molar-refractivity contribution in [2.24, 2.45) is 0 Å². The van der Waals surface area contributed by atoms with Gasteiger partial charge in [0.1, 0.15) is 0 Å². The first-order valence-corrected chi connectivity index (χ1v) is 9.04. The highest BCUT2D eigenvalue weighted by atomic mass is 79.9. The molecule has 0 saturated carbocycles. The second-order valence-electron chi connectivity index (χ2n) is 5.85. The Kier molecular flexibility index (Phi) is 5.86. The number of halogens is 1. The third-order valence-corrected chi connectivity index (χ3v) is 4.42. The predicted octanol–water partition coefficient (Wildman–Crippen LogP) is 4.65. The zero-order valence-corrected chi connectivity index (χ0v) is 16.1. The molecule has 0 heterocycles. The Balaban J connectivity index is 1.76. The molecule has 6 nitrogen and oxygen atoms in total. The fourth-order valence-corrected chi connectivity index (χ4v) is 2.78. The minimum absolute atomic E-state index is 0.00412. The lowest BCUT2D eigenvalue weighted by atomic mass is 10.1. The molecule has 140 valence electrons. The lowest BCUT2D eigenvalue weighted by Gasteiger charge is -2.10. The first kappa shape index (κ1) is 19.3. The molecule has 0 bridgehead atoms. The van der Waals surface area contributed by atoms with Gasteiger partial charge in [-0.1, -0.05) is 34.1 Å². The largest absolute Gasteiger partial charge is 0.478 e. The normalized spacial score (nSPS) is 10.2. The second-order valence-corrected chi connectivity index (χ2v) is 6.76. The first-order valence-electron chi connectivity index (χ1n) is 8.25. The maximum atomic E-state index is 12.5. The Labute approximate surface area is 169 Å². The number of carboxylic acid groups (broad SMARTS) is 1. The van der Waals surface area contributed by atoms with Crippen molar-refractivity contribution >= 4 is 45.1 Å². The van der Waals surface area contributed by atoms with Crippen molar-refractivity contribution in [2.75, 3.05) is 10.6 Å². The van der Waals surface area contributed by atoms with Crippen molar-refractivity contribution in [1.82, 2.24) is 0 Å². The summed E-state index contributed by atoms with van der Waals surface area (Å²) < 4.78 is 0.865. The molecule has 7 heteroatoms. The van der Waals surface area contributed by atoms with Crippen LogP contribution in [-0.2, 0) is 0 Å². The molecule has 0 radical (unpaired) electrons. The third kappa shape index (κ3) is 4.63. The summed E-state index contributed by atoms with van der Waals surface area (Å²) in [7, 11) is 0. The zero-order valence-electron chi connectivity index (χ0n) is 14.5. The van der Waals surface area contributed by atoms with Gasteiger partial charge in [-0.15, -0.1) is 0 Å². The third-order valence-electron chi connectivity index (χ3n) is 3.89. The highest BCUT2D eigenvalue weighted by Gasteiger charge is 2.14. The van der Waals surface area contributed by atoms with Crippen molar-refractivity contribution < 1.29 is 19.5 Å². The maximum absolute atomic E-state index is 12.5. The van der Waals surface area contributed by atoms with Gasteiger partial charge in [0.25, 0.3) is 11.8 Å². The minimum Gasteiger partial charge on any atom is -0.478 e. The van der Waals surface area contributed by atoms with Crippen molar-refractivity contribution in [1.29, 1.82) is 0 Å². The van der Waals surface area contributed by atoms with Gasteiger partial charge in [0, 0.05) is 21.3 Å². The summed E-state index contributed by atoms with van der Waals surface area (Å²) in [6.45, 7) is 0. The lowest BCUT2D eigenvalue weighted by Crippen LogP contribution is -2.16. The summed E-state index contributed by atoms with van der Waals surface area (Å²) in [6, 6.07) is 19.4. The van der Waals surface area contributed by atoms with Gasteiger partial charge in [0.2, 0.25) is 0 Å². The van der Waals surface area contributed by atoms with Gasteiger partial charge >= 0.3 is 5.97 Å². The summed E-state index contributed by atoms with van der Waals surface area (Å²) in [4.78, 5) is 36.1. The van der Waals surface area contributed by atoms with Gasteiger partial charge in [-0.05, 0) is 54.6 Å². The summed E-state index contributed by atoms with van der Waals surface area (Å²) in [5.74, 6) is -1.92. The van der Waals surface area contributed by atoms with Crippen LogP contribution < -0.4 is 10.6 Å². The standard InChI is InChI=1S/C21H15BrN2O4/c22-15-10-8-13(9-11-15)19(25)23-16-5-3-4-14(12-16)20(26)24-18-7-2-1-6-17(18)21(27)28/h1-12H,(H,23,25)(H,24,26)(H,27,28). The predicted molar refractivity (Wildman–Crippen MR) is 110 cm³/mol. The van der Waals surface area contributed by atoms with E-state index in [-0.39, 0.29) is 22.7 Å². The van der Waals surface area contributed by atoms with Crippen LogP contribution in [0, 0.1) is 0 Å². The smallest absolute Gasteiger partial charge is 0.337 e. The Morgan fingerprint density at radius 1 is 0.750 bits per heavy atom. The van der Waals surface area contributed by atoms with Crippen LogP contribution in [0.25, 0.3) is 0 Å². The van der Waals surface area contributed by atoms with Crippen LogP contribution in [0.2, 0.25) is 0 Å². The number of para-hydroxylation sites is 1. The molecule has 0 aliphatic carbocycles. The number of hydrogen-bond acceptors (Lipinski definition) is 3. The topological polar surface area (TPSA) is 95.5 Å². The maximum Gasteiger partial charge on any atom is 0.337 e. The van der Waals surface area contributed by atoms with E-state index in [9.17, 15) is 19.5 Å². The molecular formula is C21H15BrN2O4. The highest BCUT2D eigenvalue weighted by molar-refractivity contribution is 9.10. The van der Waals surface area contributed by atoms with E-state index in [1.807, 2.05) is 0 Å². The lowest BCUT2D eigenvalue weighted by molar-refractivity contribution is 0.0697. The fraction of sp³-hybridized carbons (Fsp3) is 0. The van der Waals surface area contributed by atoms with E-state index in [2.05, 4.69) is 26.6 Å². The van der Waals surface area contributed by atoms with Crippen LogP contribution in [0.4, 0.5) is 11.4 Å². The quantitative estimate of drug-likeness (QED) is 0.539. The number of hydrogen-bond donors (Lipinski definition) is 3. The van der Waals surface area contributed by atoms with Gasteiger partial charge in [0.15, 0.2) is 0 Å². The monoisotopic (exact) mass is 438 g/mol. The summed E-state index contributed by atoms with van der Waals surface area (Å²) in [5, 5.41) is 14.5. The molecule has 0 aliphatic rings. The second kappa shape index (κ2) is 8.49. The average Bonchev–Trinajstić information content (AvgIpc) is 2.69. The molecule has 3 rings (SSSR count). The first-order chi connectivity index (χ1) is 13.4. The summed E-state index contributed by atoms with van der Waals surface area (Å²) in [5.41, 5.74) is 1.41. The van der Waals surface area contributed by atoms with Gasteiger partial charge in [-0.3, -0.25) is 9.59 Å². The molecule has 0 spiro atoms.